The molecule has 0 saturated carbocycles. The highest BCUT2D eigenvalue weighted by molar-refractivity contribution is 5.96. The van der Waals surface area contributed by atoms with Crippen LogP contribution in [0.4, 0.5) is 0 Å². The van der Waals surface area contributed by atoms with Crippen LogP contribution in [0.3, 0.4) is 0 Å². The second-order valence-corrected chi connectivity index (χ2v) is 5.43. The number of para-hydroxylation sites is 2. The highest BCUT2D eigenvalue weighted by atomic mass is 16.4. The minimum absolute atomic E-state index is 0.0873. The van der Waals surface area contributed by atoms with E-state index in [0.29, 0.717) is 11.0 Å². The second kappa shape index (κ2) is 6.38. The fraction of sp³-hybridized carbons (Fsp3) is 0.333. The van der Waals surface area contributed by atoms with Crippen LogP contribution in [-0.2, 0) is 4.79 Å². The van der Waals surface area contributed by atoms with Gasteiger partial charge in [-0.15, -0.1) is 0 Å². The van der Waals surface area contributed by atoms with Crippen molar-refractivity contribution in [1.82, 2.24) is 15.3 Å². The molecule has 1 heterocycles. The van der Waals surface area contributed by atoms with Crippen LogP contribution >= 0.6 is 0 Å². The lowest BCUT2D eigenvalue weighted by atomic mass is 10.0. The summed E-state index contributed by atoms with van der Waals surface area (Å²) in [5.74, 6) is -1.84. The topological polar surface area (TPSA) is 112 Å². The first-order valence-corrected chi connectivity index (χ1v) is 6.91. The molecule has 0 radical (unpaired) electrons. The Morgan fingerprint density at radius 2 is 2.00 bits per heavy atom. The van der Waals surface area contributed by atoms with Crippen molar-refractivity contribution in [3.05, 3.63) is 40.3 Å². The number of nitrogens with zero attached hydrogens (tertiary/aromatic N) is 1. The summed E-state index contributed by atoms with van der Waals surface area (Å²) in [5.41, 5.74) is -0.0115. The van der Waals surface area contributed by atoms with Crippen LogP contribution in [0.2, 0.25) is 0 Å². The maximum atomic E-state index is 12.1. The molecule has 0 spiro atoms. The van der Waals surface area contributed by atoms with Gasteiger partial charge in [0.05, 0.1) is 11.0 Å². The Morgan fingerprint density at radius 3 is 2.64 bits per heavy atom. The Bertz CT molecular complexity index is 767. The number of carbonyl (C=O) groups excluding carboxylic acids is 1. The lowest BCUT2D eigenvalue weighted by molar-refractivity contribution is -0.139. The average molecular weight is 303 g/mol. The zero-order valence-electron chi connectivity index (χ0n) is 12.3. The molecule has 2 aromatic rings. The molecule has 116 valence electrons. The van der Waals surface area contributed by atoms with E-state index in [2.05, 4.69) is 15.3 Å². The molecule has 1 aromatic carbocycles. The lowest BCUT2D eigenvalue weighted by Crippen LogP contribution is -2.43. The molecule has 0 bridgehead atoms. The Kier molecular flexibility index (Phi) is 4.55. The predicted molar refractivity (Wildman–Crippen MR) is 80.7 cm³/mol. The van der Waals surface area contributed by atoms with Gasteiger partial charge in [0.15, 0.2) is 5.69 Å². The van der Waals surface area contributed by atoms with E-state index >= 15 is 0 Å². The van der Waals surface area contributed by atoms with Crippen molar-refractivity contribution < 1.29 is 14.7 Å². The summed E-state index contributed by atoms with van der Waals surface area (Å²) < 4.78 is 0. The third-order valence-electron chi connectivity index (χ3n) is 3.13. The van der Waals surface area contributed by atoms with Gasteiger partial charge < -0.3 is 15.4 Å². The molecule has 3 N–H and O–H groups in total. The maximum Gasteiger partial charge on any atom is 0.326 e. The van der Waals surface area contributed by atoms with Crippen molar-refractivity contribution in [3.63, 3.8) is 0 Å². The summed E-state index contributed by atoms with van der Waals surface area (Å²) in [6.45, 7) is 3.70. The molecule has 0 fully saturated rings. The standard InChI is InChI=1S/C15H17N3O4/c1-8(2)7-11(15(21)22)18-14(20)12-13(19)17-10-6-4-3-5-9(10)16-12/h3-6,8,11H,7H2,1-2H3,(H,17,19)(H,18,20)(H,21,22). The van der Waals surface area contributed by atoms with Gasteiger partial charge in [0, 0.05) is 0 Å². The fourth-order valence-corrected chi connectivity index (χ4v) is 2.10. The number of fused-ring (bicyclic) bond motifs is 1. The first-order chi connectivity index (χ1) is 10.4. The van der Waals surface area contributed by atoms with E-state index in [1.165, 1.54) is 0 Å². The van der Waals surface area contributed by atoms with Crippen LogP contribution in [0.25, 0.3) is 11.0 Å². The van der Waals surface area contributed by atoms with Gasteiger partial charge in [-0.2, -0.15) is 0 Å². The zero-order valence-corrected chi connectivity index (χ0v) is 12.3. The van der Waals surface area contributed by atoms with Crippen LogP contribution in [0.5, 0.6) is 0 Å². The number of hydrogen-bond donors (Lipinski definition) is 3. The number of carboxylic acids is 1. The summed E-state index contributed by atoms with van der Waals surface area (Å²) >= 11 is 0. The summed E-state index contributed by atoms with van der Waals surface area (Å²) in [7, 11) is 0. The Labute approximate surface area is 126 Å². The maximum absolute atomic E-state index is 12.1. The zero-order chi connectivity index (χ0) is 16.3. The second-order valence-electron chi connectivity index (χ2n) is 5.43. The monoisotopic (exact) mass is 303 g/mol. The third-order valence-corrected chi connectivity index (χ3v) is 3.13. The highest BCUT2D eigenvalue weighted by Crippen LogP contribution is 2.08. The summed E-state index contributed by atoms with van der Waals surface area (Å²) in [6.07, 6.45) is 0.270. The molecule has 2 rings (SSSR count). The molecular formula is C15H17N3O4. The number of nitrogens with one attached hydrogen (secondary N) is 2. The van der Waals surface area contributed by atoms with Crippen molar-refractivity contribution in [3.8, 4) is 0 Å². The minimum Gasteiger partial charge on any atom is -0.480 e. The fourth-order valence-electron chi connectivity index (χ4n) is 2.10. The Morgan fingerprint density at radius 1 is 1.32 bits per heavy atom. The van der Waals surface area contributed by atoms with Crippen LogP contribution in [-0.4, -0.2) is 33.0 Å². The number of aliphatic carboxylic acids is 1. The molecule has 1 unspecified atom stereocenters. The van der Waals surface area contributed by atoms with Gasteiger partial charge in [0.25, 0.3) is 11.5 Å². The van der Waals surface area contributed by atoms with Crippen molar-refractivity contribution in [2.24, 2.45) is 5.92 Å². The smallest absolute Gasteiger partial charge is 0.326 e. The molecule has 0 aliphatic rings. The van der Waals surface area contributed by atoms with E-state index in [1.807, 2.05) is 13.8 Å². The van der Waals surface area contributed by atoms with E-state index < -0.39 is 23.5 Å². The largest absolute Gasteiger partial charge is 0.480 e. The van der Waals surface area contributed by atoms with Crippen LogP contribution in [0, 0.1) is 5.92 Å². The van der Waals surface area contributed by atoms with Crippen molar-refractivity contribution in [2.45, 2.75) is 26.3 Å². The first-order valence-electron chi connectivity index (χ1n) is 6.91. The number of aromatic amines is 1. The van der Waals surface area contributed by atoms with E-state index in [-0.39, 0.29) is 18.0 Å². The van der Waals surface area contributed by atoms with Gasteiger partial charge in [-0.1, -0.05) is 26.0 Å². The van der Waals surface area contributed by atoms with Gasteiger partial charge in [-0.05, 0) is 24.5 Å². The number of hydrogen-bond acceptors (Lipinski definition) is 4. The molecule has 22 heavy (non-hydrogen) atoms. The van der Waals surface area contributed by atoms with E-state index in [0.717, 1.165) is 0 Å². The van der Waals surface area contributed by atoms with Crippen molar-refractivity contribution >= 4 is 22.9 Å². The molecule has 0 saturated heterocycles. The average Bonchev–Trinajstić information content (AvgIpc) is 2.45. The molecule has 7 nitrogen and oxygen atoms in total. The number of carbonyl (C=O) groups is 2. The minimum atomic E-state index is -1.14. The van der Waals surface area contributed by atoms with Crippen molar-refractivity contribution in [1.29, 1.82) is 0 Å². The molecule has 1 amide bonds. The molecule has 0 aliphatic carbocycles. The van der Waals surface area contributed by atoms with Crippen LogP contribution in [0.15, 0.2) is 29.1 Å². The lowest BCUT2D eigenvalue weighted by Gasteiger charge is -2.16. The van der Waals surface area contributed by atoms with Gasteiger partial charge in [0.1, 0.15) is 6.04 Å². The summed E-state index contributed by atoms with van der Waals surface area (Å²) in [6, 6.07) is 5.74. The highest BCUT2D eigenvalue weighted by Gasteiger charge is 2.24. The van der Waals surface area contributed by atoms with Crippen LogP contribution < -0.4 is 10.9 Å². The summed E-state index contributed by atoms with van der Waals surface area (Å²) in [4.78, 5) is 41.8. The quantitative estimate of drug-likeness (QED) is 0.767. The number of amides is 1. The molecule has 1 aromatic heterocycles. The van der Waals surface area contributed by atoms with Gasteiger partial charge >= 0.3 is 5.97 Å². The Hall–Kier alpha value is -2.70. The molecular weight excluding hydrogens is 286 g/mol. The predicted octanol–water partition coefficient (Wildman–Crippen LogP) is 1.15. The number of aromatic nitrogens is 2. The number of H-pyrrole nitrogens is 1. The molecule has 7 heteroatoms. The molecule has 0 aliphatic heterocycles. The SMILES string of the molecule is CC(C)CC(NC(=O)c1nc2ccccc2[nH]c1=O)C(=O)O. The number of rotatable bonds is 5. The number of carboxylic acid groups (broad SMARTS) is 1. The third kappa shape index (κ3) is 3.49. The van der Waals surface area contributed by atoms with E-state index in [9.17, 15) is 14.4 Å². The Balaban J connectivity index is 2.30. The van der Waals surface area contributed by atoms with Crippen molar-refractivity contribution in [2.75, 3.05) is 0 Å². The first kappa shape index (κ1) is 15.7. The van der Waals surface area contributed by atoms with Gasteiger partial charge in [-0.3, -0.25) is 9.59 Å². The van der Waals surface area contributed by atoms with Gasteiger partial charge in [0.2, 0.25) is 0 Å². The van der Waals surface area contributed by atoms with E-state index in [4.69, 9.17) is 5.11 Å². The molecule has 1 atom stereocenters. The van der Waals surface area contributed by atoms with Crippen LogP contribution in [0.1, 0.15) is 30.8 Å². The summed E-state index contributed by atoms with van der Waals surface area (Å²) in [5, 5.41) is 11.5. The number of benzene rings is 1. The van der Waals surface area contributed by atoms with Gasteiger partial charge in [-0.25, -0.2) is 9.78 Å². The van der Waals surface area contributed by atoms with E-state index in [1.54, 1.807) is 24.3 Å². The normalized spacial score (nSPS) is 12.3.